The number of hydrogen-bond donors (Lipinski definition) is 2. The van der Waals surface area contributed by atoms with Crippen molar-refractivity contribution in [1.29, 1.82) is 0 Å². The second-order valence-electron chi connectivity index (χ2n) is 8.48. The van der Waals surface area contributed by atoms with E-state index in [0.29, 0.717) is 39.4 Å². The first-order chi connectivity index (χ1) is 16.7. The van der Waals surface area contributed by atoms with Gasteiger partial charge in [-0.25, -0.2) is 4.39 Å². The van der Waals surface area contributed by atoms with Crippen molar-refractivity contribution in [2.24, 2.45) is 0 Å². The van der Waals surface area contributed by atoms with Gasteiger partial charge in [-0.1, -0.05) is 30.0 Å². The van der Waals surface area contributed by atoms with Gasteiger partial charge in [0.1, 0.15) is 11.9 Å². The molecule has 9 heteroatoms. The fourth-order valence-electron chi connectivity index (χ4n) is 4.17. The number of fused-ring (bicyclic) bond motifs is 1. The maximum Gasteiger partial charge on any atom is 0.393 e. The molecule has 0 bridgehead atoms. The summed E-state index contributed by atoms with van der Waals surface area (Å²) in [4.78, 5) is 2.29. The van der Waals surface area contributed by atoms with Gasteiger partial charge in [-0.3, -0.25) is 0 Å². The van der Waals surface area contributed by atoms with Crippen molar-refractivity contribution in [1.82, 2.24) is 4.90 Å². The zero-order valence-corrected chi connectivity index (χ0v) is 20.2. The van der Waals surface area contributed by atoms with Crippen LogP contribution in [-0.4, -0.2) is 57.1 Å². The van der Waals surface area contributed by atoms with Crippen molar-refractivity contribution in [3.63, 3.8) is 0 Å². The number of thiophene rings is 1. The fourth-order valence-corrected chi connectivity index (χ4v) is 5.34. The topological polar surface area (TPSA) is 36.5 Å². The van der Waals surface area contributed by atoms with E-state index in [9.17, 15) is 17.6 Å². The average molecular weight is 505 g/mol. The van der Waals surface area contributed by atoms with Crippen LogP contribution in [0.4, 0.5) is 28.9 Å². The summed E-state index contributed by atoms with van der Waals surface area (Å²) in [6, 6.07) is 12.9. The predicted octanol–water partition coefficient (Wildman–Crippen LogP) is 5.73. The van der Waals surface area contributed by atoms with Gasteiger partial charge >= 0.3 is 6.18 Å². The Balaban J connectivity index is 1.62. The number of hydrogen-bond acceptors (Lipinski definition) is 5. The minimum absolute atomic E-state index is 0.153. The average Bonchev–Trinajstić information content (AvgIpc) is 3.15. The van der Waals surface area contributed by atoms with Crippen molar-refractivity contribution < 1.29 is 22.3 Å². The van der Waals surface area contributed by atoms with Crippen LogP contribution in [0.25, 0.3) is 10.1 Å². The van der Waals surface area contributed by atoms with Crippen molar-refractivity contribution in [3.05, 3.63) is 52.9 Å². The molecule has 1 aliphatic rings. The summed E-state index contributed by atoms with van der Waals surface area (Å²) < 4.78 is 60.8. The highest BCUT2D eigenvalue weighted by molar-refractivity contribution is 7.20. The Kier molecular flexibility index (Phi) is 7.72. The summed E-state index contributed by atoms with van der Waals surface area (Å²) >= 11 is 1.21. The summed E-state index contributed by atoms with van der Waals surface area (Å²) in [6.45, 7) is 1.31. The number of methoxy groups -OCH3 is 1. The zero-order valence-electron chi connectivity index (χ0n) is 19.4. The summed E-state index contributed by atoms with van der Waals surface area (Å²) in [6.07, 6.45) is -5.89. The van der Waals surface area contributed by atoms with Gasteiger partial charge in [0.2, 0.25) is 0 Å². The molecule has 1 fully saturated rings. The number of alkyl halides is 4. The first-order valence-corrected chi connectivity index (χ1v) is 12.0. The molecule has 2 aromatic carbocycles. The van der Waals surface area contributed by atoms with Crippen LogP contribution >= 0.6 is 11.3 Å². The van der Waals surface area contributed by atoms with Gasteiger partial charge in [0.15, 0.2) is 0 Å². The standard InChI is InChI=1S/C26H26F4N3OS/c1-33-14-12-20(19(27)16-33)32-22-9-5-7-17-18(15-26(28,29)30)24(35-25(17)22)11-6-13-31-21-8-3-4-10-23(21)34-2/h3,5,7-10,19-20,31-32H,12-16H2,1-2H3/t19-,20+/m0/s1. The molecule has 1 aromatic heterocycles. The Morgan fingerprint density at radius 2 is 2.09 bits per heavy atom. The molecule has 0 unspecified atom stereocenters. The van der Waals surface area contributed by atoms with E-state index in [-0.39, 0.29) is 18.2 Å². The van der Waals surface area contributed by atoms with Crippen LogP contribution < -0.4 is 15.4 Å². The van der Waals surface area contributed by atoms with E-state index < -0.39 is 18.8 Å². The zero-order chi connectivity index (χ0) is 25.0. The molecule has 185 valence electrons. The first kappa shape index (κ1) is 25.1. The van der Waals surface area contributed by atoms with Crippen molar-refractivity contribution in [2.45, 2.75) is 31.2 Å². The van der Waals surface area contributed by atoms with Crippen LogP contribution in [0.3, 0.4) is 0 Å². The number of nitrogens with zero attached hydrogens (tertiary/aromatic N) is 1. The number of nitrogens with one attached hydrogen (secondary N) is 2. The Labute approximate surface area is 206 Å². The molecule has 2 heterocycles. The van der Waals surface area contributed by atoms with Gasteiger partial charge in [-0.15, -0.1) is 11.3 Å². The molecule has 1 radical (unpaired) electrons. The van der Waals surface area contributed by atoms with Gasteiger partial charge in [0.25, 0.3) is 0 Å². The lowest BCUT2D eigenvalue weighted by Crippen LogP contribution is -2.46. The Morgan fingerprint density at radius 3 is 2.83 bits per heavy atom. The number of likely N-dealkylation sites (tertiary alicyclic amines) is 1. The SMILES string of the molecule is COc1c[c]ccc1NCC#Cc1sc2c(N[C@@H]3CCN(C)C[C@@H]3F)cccc2c1CC(F)(F)F. The van der Waals surface area contributed by atoms with Crippen molar-refractivity contribution in [2.75, 3.05) is 44.4 Å². The van der Waals surface area contributed by atoms with Gasteiger partial charge in [-0.05, 0) is 48.7 Å². The van der Waals surface area contributed by atoms with E-state index in [4.69, 9.17) is 4.74 Å². The number of ether oxygens (including phenoxy) is 1. The van der Waals surface area contributed by atoms with E-state index >= 15 is 0 Å². The number of piperidine rings is 1. The van der Waals surface area contributed by atoms with Crippen LogP contribution in [0.2, 0.25) is 0 Å². The molecule has 3 aromatic rings. The van der Waals surface area contributed by atoms with Gasteiger partial charge in [0, 0.05) is 13.1 Å². The third-order valence-electron chi connectivity index (χ3n) is 5.90. The highest BCUT2D eigenvalue weighted by Gasteiger charge is 2.32. The van der Waals surface area contributed by atoms with Gasteiger partial charge in [0.05, 0.1) is 47.1 Å². The quantitative estimate of drug-likeness (QED) is 0.332. The first-order valence-electron chi connectivity index (χ1n) is 11.2. The number of benzene rings is 2. The molecule has 0 spiro atoms. The molecule has 0 saturated carbocycles. The molecule has 2 atom stereocenters. The second-order valence-corrected chi connectivity index (χ2v) is 9.50. The predicted molar refractivity (Wildman–Crippen MR) is 133 cm³/mol. The lowest BCUT2D eigenvalue weighted by Gasteiger charge is -2.33. The molecular weight excluding hydrogens is 478 g/mol. The lowest BCUT2D eigenvalue weighted by molar-refractivity contribution is -0.126. The number of halogens is 4. The molecule has 0 amide bonds. The van der Waals surface area contributed by atoms with E-state index in [1.165, 1.54) is 11.3 Å². The molecule has 1 aliphatic heterocycles. The maximum absolute atomic E-state index is 14.6. The molecule has 35 heavy (non-hydrogen) atoms. The molecule has 4 nitrogen and oxygen atoms in total. The van der Waals surface area contributed by atoms with Crippen LogP contribution in [-0.2, 0) is 6.42 Å². The molecule has 4 rings (SSSR count). The Bertz CT molecular complexity index is 1230. The highest BCUT2D eigenvalue weighted by Crippen LogP contribution is 2.39. The van der Waals surface area contributed by atoms with Gasteiger partial charge < -0.3 is 20.3 Å². The number of rotatable bonds is 6. The molecular formula is C26H26F4N3OS. The number of anilines is 2. The lowest BCUT2D eigenvalue weighted by atomic mass is 10.0. The largest absolute Gasteiger partial charge is 0.495 e. The Morgan fingerprint density at radius 1 is 1.26 bits per heavy atom. The summed E-state index contributed by atoms with van der Waals surface area (Å²) in [7, 11) is 3.42. The fraction of sp³-hybridized carbons (Fsp3) is 0.385. The monoisotopic (exact) mass is 504 g/mol. The maximum atomic E-state index is 14.6. The van der Waals surface area contributed by atoms with Crippen molar-refractivity contribution in [3.8, 4) is 17.6 Å². The minimum Gasteiger partial charge on any atom is -0.495 e. The molecule has 1 saturated heterocycles. The molecule has 0 aliphatic carbocycles. The Hall–Kier alpha value is -2.96. The van der Waals surface area contributed by atoms with Crippen LogP contribution in [0.15, 0.2) is 36.4 Å². The van der Waals surface area contributed by atoms with E-state index in [1.807, 2.05) is 11.9 Å². The summed E-state index contributed by atoms with van der Waals surface area (Å²) in [5.41, 5.74) is 1.52. The van der Waals surface area contributed by atoms with Crippen LogP contribution in [0.5, 0.6) is 5.75 Å². The normalized spacial score (nSPS) is 18.7. The smallest absolute Gasteiger partial charge is 0.393 e. The third-order valence-corrected chi connectivity index (χ3v) is 7.09. The van der Waals surface area contributed by atoms with E-state index in [0.717, 1.165) is 12.2 Å². The van der Waals surface area contributed by atoms with E-state index in [2.05, 4.69) is 28.5 Å². The van der Waals surface area contributed by atoms with E-state index in [1.54, 1.807) is 43.5 Å². The summed E-state index contributed by atoms with van der Waals surface area (Å²) in [5.74, 6) is 6.46. The van der Waals surface area contributed by atoms with Crippen molar-refractivity contribution >= 4 is 32.8 Å². The third kappa shape index (κ3) is 6.19. The summed E-state index contributed by atoms with van der Waals surface area (Å²) in [5, 5.41) is 6.86. The second kappa shape index (κ2) is 10.8. The van der Waals surface area contributed by atoms with Crippen LogP contribution in [0, 0.1) is 17.9 Å². The van der Waals surface area contributed by atoms with Gasteiger partial charge in [-0.2, -0.15) is 13.2 Å². The van der Waals surface area contributed by atoms with Crippen LogP contribution in [0.1, 0.15) is 16.9 Å². The molecule has 2 N–H and O–H groups in total. The minimum atomic E-state index is -4.38. The highest BCUT2D eigenvalue weighted by atomic mass is 32.1.